The zero-order valence-corrected chi connectivity index (χ0v) is 16.5. The number of carbonyl (C=O) groups is 1. The molecule has 4 rings (SSSR count). The molecule has 0 spiro atoms. The van der Waals surface area contributed by atoms with Gasteiger partial charge in [-0.15, -0.1) is 0 Å². The molecule has 1 aromatic heterocycles. The first-order valence-corrected chi connectivity index (χ1v) is 10.1. The van der Waals surface area contributed by atoms with Gasteiger partial charge < -0.3 is 24.8 Å². The lowest BCUT2D eigenvalue weighted by molar-refractivity contribution is -0.0145. The van der Waals surface area contributed by atoms with Gasteiger partial charge in [0, 0.05) is 26.6 Å². The maximum Gasteiger partial charge on any atom is 0.269 e. The molecule has 1 aliphatic heterocycles. The molecule has 1 aliphatic carbocycles. The monoisotopic (exact) mass is 400 g/mol. The van der Waals surface area contributed by atoms with Crippen molar-refractivity contribution in [3.05, 3.63) is 48.5 Å². The molecule has 29 heavy (non-hydrogen) atoms. The largest absolute Gasteiger partial charge is 0.488 e. The van der Waals surface area contributed by atoms with Crippen LogP contribution in [0.4, 0.5) is 0 Å². The van der Waals surface area contributed by atoms with Gasteiger partial charge in [-0.2, -0.15) is 0 Å². The van der Waals surface area contributed by atoms with E-state index in [1.165, 1.54) is 6.20 Å². The van der Waals surface area contributed by atoms with E-state index in [4.69, 9.17) is 4.74 Å². The van der Waals surface area contributed by atoms with Crippen LogP contribution in [-0.2, 0) is 7.05 Å². The SMILES string of the molecule is Cn1cncc1C(=O)N[C@@H]1C[C@@H](Oc2ccccc2)[C@H](O)[C@H]1N1CCC(O)CC1. The van der Waals surface area contributed by atoms with Gasteiger partial charge in [-0.25, -0.2) is 4.98 Å². The van der Waals surface area contributed by atoms with E-state index < -0.39 is 12.2 Å². The van der Waals surface area contributed by atoms with Gasteiger partial charge >= 0.3 is 0 Å². The van der Waals surface area contributed by atoms with Crippen LogP contribution in [-0.4, -0.2) is 74.1 Å². The van der Waals surface area contributed by atoms with E-state index in [2.05, 4.69) is 15.2 Å². The summed E-state index contributed by atoms with van der Waals surface area (Å²) in [6, 6.07) is 8.88. The van der Waals surface area contributed by atoms with Crippen molar-refractivity contribution in [2.45, 2.75) is 49.7 Å². The second-order valence-corrected chi connectivity index (χ2v) is 7.92. The van der Waals surface area contributed by atoms with Crippen LogP contribution in [0.1, 0.15) is 29.8 Å². The van der Waals surface area contributed by atoms with Crippen LogP contribution in [0.2, 0.25) is 0 Å². The van der Waals surface area contributed by atoms with Gasteiger partial charge in [0.05, 0.1) is 30.7 Å². The zero-order chi connectivity index (χ0) is 20.4. The van der Waals surface area contributed by atoms with E-state index in [1.807, 2.05) is 30.3 Å². The molecule has 0 radical (unpaired) electrons. The zero-order valence-electron chi connectivity index (χ0n) is 16.5. The van der Waals surface area contributed by atoms with E-state index in [9.17, 15) is 15.0 Å². The Morgan fingerprint density at radius 1 is 1.21 bits per heavy atom. The van der Waals surface area contributed by atoms with Crippen LogP contribution >= 0.6 is 0 Å². The third kappa shape index (κ3) is 4.29. The Labute approximate surface area is 170 Å². The highest BCUT2D eigenvalue weighted by Gasteiger charge is 2.48. The number of para-hydroxylation sites is 1. The van der Waals surface area contributed by atoms with E-state index >= 15 is 0 Å². The van der Waals surface area contributed by atoms with Crippen molar-refractivity contribution in [3.63, 3.8) is 0 Å². The third-order valence-electron chi connectivity index (χ3n) is 5.95. The quantitative estimate of drug-likeness (QED) is 0.678. The van der Waals surface area contributed by atoms with Crippen LogP contribution in [0, 0.1) is 0 Å². The Morgan fingerprint density at radius 3 is 2.59 bits per heavy atom. The lowest BCUT2D eigenvalue weighted by Gasteiger charge is -2.38. The normalized spacial score (nSPS) is 28.4. The Morgan fingerprint density at radius 2 is 1.93 bits per heavy atom. The number of nitrogens with zero attached hydrogens (tertiary/aromatic N) is 3. The number of benzene rings is 1. The summed E-state index contributed by atoms with van der Waals surface area (Å²) in [7, 11) is 1.77. The third-order valence-corrected chi connectivity index (χ3v) is 5.95. The van der Waals surface area contributed by atoms with E-state index in [1.54, 1.807) is 17.9 Å². The number of rotatable bonds is 5. The molecule has 2 aliphatic rings. The first kappa shape index (κ1) is 19.9. The number of nitrogens with one attached hydrogen (secondary N) is 1. The first-order chi connectivity index (χ1) is 14.0. The summed E-state index contributed by atoms with van der Waals surface area (Å²) in [6.45, 7) is 1.36. The Hall–Kier alpha value is -2.42. The van der Waals surface area contributed by atoms with Crippen LogP contribution in [0.15, 0.2) is 42.9 Å². The Balaban J connectivity index is 1.52. The average Bonchev–Trinajstić information content (AvgIpc) is 3.27. The second kappa shape index (κ2) is 8.52. The van der Waals surface area contributed by atoms with Crippen molar-refractivity contribution >= 4 is 5.91 Å². The van der Waals surface area contributed by atoms with Gasteiger partial charge in [0.25, 0.3) is 5.91 Å². The lowest BCUT2D eigenvalue weighted by Crippen LogP contribution is -2.56. The van der Waals surface area contributed by atoms with E-state index in [0.717, 1.165) is 0 Å². The molecule has 3 N–H and O–H groups in total. The molecule has 4 atom stereocenters. The highest BCUT2D eigenvalue weighted by Crippen LogP contribution is 2.31. The van der Waals surface area contributed by atoms with Crippen LogP contribution in [0.3, 0.4) is 0 Å². The number of aliphatic hydroxyl groups is 2. The van der Waals surface area contributed by atoms with Gasteiger partial charge in [-0.1, -0.05) is 18.2 Å². The predicted octanol–water partition coefficient (Wildman–Crippen LogP) is 0.556. The minimum atomic E-state index is -0.748. The van der Waals surface area contributed by atoms with Gasteiger partial charge in [0.2, 0.25) is 0 Å². The van der Waals surface area contributed by atoms with Crippen molar-refractivity contribution in [2.24, 2.45) is 7.05 Å². The number of ether oxygens (including phenoxy) is 1. The molecule has 8 heteroatoms. The van der Waals surface area contributed by atoms with Crippen molar-refractivity contribution < 1.29 is 19.7 Å². The van der Waals surface area contributed by atoms with Gasteiger partial charge in [0.15, 0.2) is 0 Å². The molecule has 1 saturated carbocycles. The number of hydrogen-bond acceptors (Lipinski definition) is 6. The molecule has 2 aromatic rings. The van der Waals surface area contributed by atoms with Gasteiger partial charge in [-0.3, -0.25) is 9.69 Å². The molecule has 0 bridgehead atoms. The molecule has 156 valence electrons. The van der Waals surface area contributed by atoms with Gasteiger partial charge in [0.1, 0.15) is 23.7 Å². The molecule has 2 heterocycles. The number of aliphatic hydroxyl groups excluding tert-OH is 2. The Kier molecular flexibility index (Phi) is 5.84. The van der Waals surface area contributed by atoms with Gasteiger partial charge in [-0.05, 0) is 25.0 Å². The number of aromatic nitrogens is 2. The standard InChI is InChI=1S/C21H28N4O4/c1-24-13-22-12-17(24)21(28)23-16-11-18(29-15-5-3-2-4-6-15)20(27)19(16)25-9-7-14(26)8-10-25/h2-6,12-14,16,18-20,26-27H,7-11H2,1H3,(H,23,28)/t16-,18-,19+,20+/m1/s1. The topological polar surface area (TPSA) is 99.9 Å². The molecule has 2 fully saturated rings. The minimum Gasteiger partial charge on any atom is -0.488 e. The maximum absolute atomic E-state index is 12.8. The summed E-state index contributed by atoms with van der Waals surface area (Å²) >= 11 is 0. The lowest BCUT2D eigenvalue weighted by atomic mass is 10.0. The predicted molar refractivity (Wildman–Crippen MR) is 107 cm³/mol. The smallest absolute Gasteiger partial charge is 0.269 e. The summed E-state index contributed by atoms with van der Waals surface area (Å²) in [6.07, 6.45) is 3.47. The first-order valence-electron chi connectivity index (χ1n) is 10.1. The van der Waals surface area contributed by atoms with Crippen molar-refractivity contribution in [1.29, 1.82) is 0 Å². The highest BCUT2D eigenvalue weighted by atomic mass is 16.5. The van der Waals surface area contributed by atoms with E-state index in [0.29, 0.717) is 43.8 Å². The molecular formula is C21H28N4O4. The molecular weight excluding hydrogens is 372 g/mol. The minimum absolute atomic E-state index is 0.218. The highest BCUT2D eigenvalue weighted by molar-refractivity contribution is 5.92. The number of likely N-dealkylation sites (tertiary alicyclic amines) is 1. The molecule has 1 amide bonds. The number of hydrogen-bond donors (Lipinski definition) is 3. The number of carbonyl (C=O) groups excluding carboxylic acids is 1. The van der Waals surface area contributed by atoms with E-state index in [-0.39, 0.29) is 24.1 Å². The van der Waals surface area contributed by atoms with Crippen LogP contribution in [0.25, 0.3) is 0 Å². The Bertz CT molecular complexity index is 819. The van der Waals surface area contributed by atoms with Crippen molar-refractivity contribution in [2.75, 3.05) is 13.1 Å². The number of aryl methyl sites for hydroxylation is 1. The fraction of sp³-hybridized carbons (Fsp3) is 0.524. The number of piperidine rings is 1. The van der Waals surface area contributed by atoms with Crippen LogP contribution in [0.5, 0.6) is 5.75 Å². The number of imidazole rings is 1. The summed E-state index contributed by atoms with van der Waals surface area (Å²) < 4.78 is 7.73. The maximum atomic E-state index is 12.8. The van der Waals surface area contributed by atoms with Crippen LogP contribution < -0.4 is 10.1 Å². The molecule has 1 aromatic carbocycles. The van der Waals surface area contributed by atoms with Crippen molar-refractivity contribution in [1.82, 2.24) is 19.8 Å². The summed E-state index contributed by atoms with van der Waals surface area (Å²) in [5.41, 5.74) is 0.472. The summed E-state index contributed by atoms with van der Waals surface area (Å²) in [4.78, 5) is 19.0. The second-order valence-electron chi connectivity index (χ2n) is 7.92. The fourth-order valence-corrected chi connectivity index (χ4v) is 4.40. The average molecular weight is 400 g/mol. The summed E-state index contributed by atoms with van der Waals surface area (Å²) in [5, 5.41) is 24.0. The molecule has 8 nitrogen and oxygen atoms in total. The molecule has 0 unspecified atom stereocenters. The summed E-state index contributed by atoms with van der Waals surface area (Å²) in [5.74, 6) is 0.479. The van der Waals surface area contributed by atoms with Crippen molar-refractivity contribution in [3.8, 4) is 5.75 Å². The fourth-order valence-electron chi connectivity index (χ4n) is 4.40. The number of amides is 1. The molecule has 1 saturated heterocycles.